The Bertz CT molecular complexity index is 154. The van der Waals surface area contributed by atoms with Crippen molar-refractivity contribution in [2.45, 2.75) is 19.8 Å². The number of nitrogens with one attached hydrogen (secondary N) is 1. The van der Waals surface area contributed by atoms with Crippen LogP contribution in [-0.2, 0) is 7.05 Å². The first-order valence-corrected chi connectivity index (χ1v) is 4.39. The SMILES string of the molecule is CCCCNC.Cn1cccn1. The van der Waals surface area contributed by atoms with Gasteiger partial charge in [-0.3, -0.25) is 4.68 Å². The van der Waals surface area contributed by atoms with Crippen LogP contribution in [0.4, 0.5) is 0 Å². The smallest absolute Gasteiger partial charge is 0.0489 e. The van der Waals surface area contributed by atoms with Gasteiger partial charge in [0.25, 0.3) is 0 Å². The van der Waals surface area contributed by atoms with Gasteiger partial charge in [0.05, 0.1) is 0 Å². The average Bonchev–Trinajstić information content (AvgIpc) is 2.53. The zero-order valence-corrected chi connectivity index (χ0v) is 8.25. The molecule has 0 aliphatic heterocycles. The Hall–Kier alpha value is -0.830. The molecule has 0 aliphatic rings. The van der Waals surface area contributed by atoms with E-state index < -0.39 is 0 Å². The lowest BCUT2D eigenvalue weighted by atomic mass is 10.3. The van der Waals surface area contributed by atoms with E-state index in [0.29, 0.717) is 0 Å². The summed E-state index contributed by atoms with van der Waals surface area (Å²) >= 11 is 0. The first-order chi connectivity index (χ1) is 5.81. The highest BCUT2D eigenvalue weighted by molar-refractivity contribution is 4.75. The lowest BCUT2D eigenvalue weighted by Crippen LogP contribution is -2.06. The Labute approximate surface area is 74.8 Å². The predicted molar refractivity (Wildman–Crippen MR) is 52.0 cm³/mol. The molecule has 1 N–H and O–H groups in total. The van der Waals surface area contributed by atoms with Crippen molar-refractivity contribution in [1.29, 1.82) is 0 Å². The van der Waals surface area contributed by atoms with Crippen molar-refractivity contribution in [3.63, 3.8) is 0 Å². The molecular weight excluding hydrogens is 150 g/mol. The Morgan fingerprint density at radius 2 is 2.25 bits per heavy atom. The second-order valence-electron chi connectivity index (χ2n) is 2.64. The number of hydrogen-bond donors (Lipinski definition) is 1. The van der Waals surface area contributed by atoms with E-state index in [9.17, 15) is 0 Å². The Balaban J connectivity index is 0.000000202. The summed E-state index contributed by atoms with van der Waals surface area (Å²) in [6.45, 7) is 3.36. The van der Waals surface area contributed by atoms with Crippen LogP contribution in [0.5, 0.6) is 0 Å². The highest BCUT2D eigenvalue weighted by Crippen LogP contribution is 1.79. The van der Waals surface area contributed by atoms with E-state index in [0.717, 1.165) is 6.54 Å². The molecule has 3 heteroatoms. The summed E-state index contributed by atoms with van der Waals surface area (Å²) in [5.41, 5.74) is 0. The summed E-state index contributed by atoms with van der Waals surface area (Å²) in [6.07, 6.45) is 6.23. The molecule has 0 radical (unpaired) electrons. The maximum atomic E-state index is 3.83. The summed E-state index contributed by atoms with van der Waals surface area (Å²) in [5, 5.41) is 6.90. The second kappa shape index (κ2) is 8.27. The fourth-order valence-electron chi connectivity index (χ4n) is 0.699. The first kappa shape index (κ1) is 11.2. The predicted octanol–water partition coefficient (Wildman–Crippen LogP) is 1.43. The van der Waals surface area contributed by atoms with Gasteiger partial charge in [0.1, 0.15) is 0 Å². The highest BCUT2D eigenvalue weighted by atomic mass is 15.2. The number of aromatic nitrogens is 2. The van der Waals surface area contributed by atoms with Gasteiger partial charge in [-0.15, -0.1) is 0 Å². The zero-order valence-electron chi connectivity index (χ0n) is 8.25. The normalized spacial score (nSPS) is 8.92. The van der Waals surface area contributed by atoms with E-state index in [1.807, 2.05) is 26.4 Å². The third-order valence-corrected chi connectivity index (χ3v) is 1.42. The monoisotopic (exact) mass is 169 g/mol. The molecule has 0 amide bonds. The van der Waals surface area contributed by atoms with Crippen LogP contribution in [0.1, 0.15) is 19.8 Å². The molecule has 0 bridgehead atoms. The van der Waals surface area contributed by atoms with Crippen LogP contribution in [0.3, 0.4) is 0 Å². The van der Waals surface area contributed by atoms with Crippen LogP contribution in [0, 0.1) is 0 Å². The molecular formula is C9H19N3. The molecule has 0 saturated carbocycles. The standard InChI is InChI=1S/C5H13N.C4H6N2/c1-3-4-5-6-2;1-6-4-2-3-5-6/h6H,3-5H2,1-2H3;2-4H,1H3. The third kappa shape index (κ3) is 7.28. The van der Waals surface area contributed by atoms with Crippen molar-refractivity contribution in [2.24, 2.45) is 7.05 Å². The molecule has 0 fully saturated rings. The van der Waals surface area contributed by atoms with E-state index in [2.05, 4.69) is 17.3 Å². The van der Waals surface area contributed by atoms with Gasteiger partial charge < -0.3 is 5.32 Å². The van der Waals surface area contributed by atoms with E-state index in [-0.39, 0.29) is 0 Å². The fraction of sp³-hybridized carbons (Fsp3) is 0.667. The molecule has 12 heavy (non-hydrogen) atoms. The van der Waals surface area contributed by atoms with Crippen LogP contribution < -0.4 is 5.32 Å². The molecule has 1 heterocycles. The largest absolute Gasteiger partial charge is 0.320 e. The maximum Gasteiger partial charge on any atom is 0.0489 e. The Kier molecular flexibility index (Phi) is 7.70. The number of nitrogens with zero attached hydrogens (tertiary/aromatic N) is 2. The van der Waals surface area contributed by atoms with E-state index >= 15 is 0 Å². The van der Waals surface area contributed by atoms with E-state index in [1.165, 1.54) is 12.8 Å². The van der Waals surface area contributed by atoms with Gasteiger partial charge in [0.15, 0.2) is 0 Å². The van der Waals surface area contributed by atoms with Crippen molar-refractivity contribution in [1.82, 2.24) is 15.1 Å². The molecule has 0 aliphatic carbocycles. The minimum atomic E-state index is 1.16. The van der Waals surface area contributed by atoms with Gasteiger partial charge in [0.2, 0.25) is 0 Å². The molecule has 70 valence electrons. The maximum absolute atomic E-state index is 3.83. The first-order valence-electron chi connectivity index (χ1n) is 4.39. The fourth-order valence-corrected chi connectivity index (χ4v) is 0.699. The molecule has 1 aromatic rings. The zero-order chi connectivity index (χ0) is 9.23. The highest BCUT2D eigenvalue weighted by Gasteiger charge is 1.73. The molecule has 0 saturated heterocycles. The molecule has 0 unspecified atom stereocenters. The minimum absolute atomic E-state index is 1.16. The minimum Gasteiger partial charge on any atom is -0.320 e. The summed E-state index contributed by atoms with van der Waals surface area (Å²) in [7, 11) is 3.87. The van der Waals surface area contributed by atoms with Gasteiger partial charge in [0, 0.05) is 19.4 Å². The summed E-state index contributed by atoms with van der Waals surface area (Å²) in [6, 6.07) is 1.89. The van der Waals surface area contributed by atoms with Crippen LogP contribution in [0.15, 0.2) is 18.5 Å². The van der Waals surface area contributed by atoms with Gasteiger partial charge in [-0.2, -0.15) is 5.10 Å². The van der Waals surface area contributed by atoms with Crippen LogP contribution in [0.25, 0.3) is 0 Å². The quantitative estimate of drug-likeness (QED) is 0.694. The summed E-state index contributed by atoms with van der Waals surface area (Å²) in [5.74, 6) is 0. The molecule has 0 atom stereocenters. The van der Waals surface area contributed by atoms with Crippen molar-refractivity contribution in [3.05, 3.63) is 18.5 Å². The van der Waals surface area contributed by atoms with Crippen molar-refractivity contribution >= 4 is 0 Å². The molecule has 1 rings (SSSR count). The number of hydrogen-bond acceptors (Lipinski definition) is 2. The second-order valence-corrected chi connectivity index (χ2v) is 2.64. The molecule has 0 spiro atoms. The molecule has 3 nitrogen and oxygen atoms in total. The summed E-state index contributed by atoms with van der Waals surface area (Å²) < 4.78 is 1.75. The number of unbranched alkanes of at least 4 members (excludes halogenated alkanes) is 1. The summed E-state index contributed by atoms with van der Waals surface area (Å²) in [4.78, 5) is 0. The topological polar surface area (TPSA) is 29.9 Å². The van der Waals surface area contributed by atoms with Gasteiger partial charge in [-0.1, -0.05) is 13.3 Å². The van der Waals surface area contributed by atoms with Gasteiger partial charge in [-0.25, -0.2) is 0 Å². The third-order valence-electron chi connectivity index (χ3n) is 1.42. The van der Waals surface area contributed by atoms with Crippen molar-refractivity contribution < 1.29 is 0 Å². The van der Waals surface area contributed by atoms with Gasteiger partial charge in [-0.05, 0) is 26.1 Å². The van der Waals surface area contributed by atoms with E-state index in [1.54, 1.807) is 10.9 Å². The van der Waals surface area contributed by atoms with Crippen molar-refractivity contribution in [2.75, 3.05) is 13.6 Å². The Morgan fingerprint density at radius 3 is 2.42 bits per heavy atom. The van der Waals surface area contributed by atoms with Crippen LogP contribution in [0.2, 0.25) is 0 Å². The molecule has 0 aromatic carbocycles. The average molecular weight is 169 g/mol. The van der Waals surface area contributed by atoms with Gasteiger partial charge >= 0.3 is 0 Å². The van der Waals surface area contributed by atoms with Crippen LogP contribution in [-0.4, -0.2) is 23.4 Å². The Morgan fingerprint density at radius 1 is 1.50 bits per heavy atom. The van der Waals surface area contributed by atoms with Crippen molar-refractivity contribution in [3.8, 4) is 0 Å². The number of aryl methyl sites for hydroxylation is 1. The lowest BCUT2D eigenvalue weighted by molar-refractivity contribution is 0.711. The number of rotatable bonds is 3. The molecule has 1 aromatic heterocycles. The lowest BCUT2D eigenvalue weighted by Gasteiger charge is -1.89. The van der Waals surface area contributed by atoms with Crippen LogP contribution >= 0.6 is 0 Å². The van der Waals surface area contributed by atoms with E-state index in [4.69, 9.17) is 0 Å².